The fourth-order valence-electron chi connectivity index (χ4n) is 1.06. The Morgan fingerprint density at radius 3 is 2.46 bits per heavy atom. The molecular weight excluding hydrogens is 178 g/mol. The summed E-state index contributed by atoms with van der Waals surface area (Å²) in [4.78, 5) is 3.67. The van der Waals surface area contributed by atoms with Crippen LogP contribution in [0.25, 0.3) is 0 Å². The van der Waals surface area contributed by atoms with E-state index in [9.17, 15) is 8.78 Å². The number of aromatic nitrogens is 1. The first kappa shape index (κ1) is 9.66. The number of anilines is 2. The van der Waals surface area contributed by atoms with Gasteiger partial charge in [0.25, 0.3) is 6.43 Å². The maximum Gasteiger partial charge on any atom is 0.267 e. The molecule has 0 aliphatic rings. The molecule has 6 N–H and O–H groups in total. The molecule has 0 amide bonds. The van der Waals surface area contributed by atoms with Crippen LogP contribution in [0.15, 0.2) is 6.07 Å². The molecule has 0 aliphatic heterocycles. The van der Waals surface area contributed by atoms with Crippen LogP contribution in [0.2, 0.25) is 0 Å². The fourth-order valence-corrected chi connectivity index (χ4v) is 1.06. The number of halogens is 2. The lowest BCUT2D eigenvalue weighted by Crippen LogP contribution is -2.10. The standard InChI is InChI=1S/C7H10F2N4/c8-7(9)6-3(11)1-5(12)13-4(6)2-10/h1,7H,2,10H2,(H4,11,12,13). The van der Waals surface area contributed by atoms with Crippen molar-refractivity contribution in [2.45, 2.75) is 13.0 Å². The van der Waals surface area contributed by atoms with E-state index in [1.807, 2.05) is 0 Å². The molecule has 72 valence electrons. The van der Waals surface area contributed by atoms with E-state index >= 15 is 0 Å². The Kier molecular flexibility index (Phi) is 2.62. The first-order chi connectivity index (χ1) is 6.06. The van der Waals surface area contributed by atoms with Gasteiger partial charge in [0.2, 0.25) is 0 Å². The maximum absolute atomic E-state index is 12.4. The maximum atomic E-state index is 12.4. The Labute approximate surface area is 73.7 Å². The Balaban J connectivity index is 3.30. The van der Waals surface area contributed by atoms with Gasteiger partial charge in [0.05, 0.1) is 11.3 Å². The number of rotatable bonds is 2. The van der Waals surface area contributed by atoms with E-state index in [1.165, 1.54) is 6.07 Å². The zero-order chi connectivity index (χ0) is 10.0. The fraction of sp³-hybridized carbons (Fsp3) is 0.286. The lowest BCUT2D eigenvalue weighted by Gasteiger charge is -2.09. The molecular formula is C7H10F2N4. The third-order valence-corrected chi connectivity index (χ3v) is 1.60. The highest BCUT2D eigenvalue weighted by Crippen LogP contribution is 2.28. The van der Waals surface area contributed by atoms with Gasteiger partial charge in [-0.05, 0) is 0 Å². The minimum atomic E-state index is -2.67. The monoisotopic (exact) mass is 188 g/mol. The van der Waals surface area contributed by atoms with E-state index < -0.39 is 6.43 Å². The average molecular weight is 188 g/mol. The van der Waals surface area contributed by atoms with E-state index in [2.05, 4.69) is 4.98 Å². The van der Waals surface area contributed by atoms with Crippen LogP contribution >= 0.6 is 0 Å². The van der Waals surface area contributed by atoms with Gasteiger partial charge in [0.15, 0.2) is 0 Å². The number of hydrogen-bond acceptors (Lipinski definition) is 4. The molecule has 0 radical (unpaired) electrons. The largest absolute Gasteiger partial charge is 0.398 e. The average Bonchev–Trinajstić information content (AvgIpc) is 2.01. The van der Waals surface area contributed by atoms with Crippen molar-refractivity contribution in [1.82, 2.24) is 4.98 Å². The molecule has 0 saturated carbocycles. The molecule has 6 heteroatoms. The van der Waals surface area contributed by atoms with Crippen molar-refractivity contribution in [2.24, 2.45) is 5.73 Å². The van der Waals surface area contributed by atoms with E-state index in [0.717, 1.165) is 0 Å². The van der Waals surface area contributed by atoms with Crippen LogP contribution in [0.5, 0.6) is 0 Å². The van der Waals surface area contributed by atoms with Gasteiger partial charge in [-0.15, -0.1) is 0 Å². The summed E-state index contributed by atoms with van der Waals surface area (Å²) >= 11 is 0. The van der Waals surface area contributed by atoms with Crippen LogP contribution in [-0.2, 0) is 6.54 Å². The smallest absolute Gasteiger partial charge is 0.267 e. The molecule has 0 bridgehead atoms. The molecule has 1 aromatic heterocycles. The third-order valence-electron chi connectivity index (χ3n) is 1.60. The summed E-state index contributed by atoms with van der Waals surface area (Å²) in [5, 5.41) is 0. The van der Waals surface area contributed by atoms with E-state index in [4.69, 9.17) is 17.2 Å². The van der Waals surface area contributed by atoms with E-state index in [-0.39, 0.29) is 29.3 Å². The molecule has 0 fully saturated rings. The first-order valence-corrected chi connectivity index (χ1v) is 3.59. The summed E-state index contributed by atoms with van der Waals surface area (Å²) in [5.74, 6) is 0.0994. The van der Waals surface area contributed by atoms with Crippen molar-refractivity contribution in [1.29, 1.82) is 0 Å². The molecule has 0 aromatic carbocycles. The van der Waals surface area contributed by atoms with Gasteiger partial charge in [-0.25, -0.2) is 13.8 Å². The zero-order valence-corrected chi connectivity index (χ0v) is 6.80. The molecule has 1 rings (SSSR count). The molecule has 0 unspecified atom stereocenters. The second kappa shape index (κ2) is 3.53. The molecule has 0 spiro atoms. The minimum Gasteiger partial charge on any atom is -0.398 e. The molecule has 1 aromatic rings. The highest BCUT2D eigenvalue weighted by atomic mass is 19.3. The van der Waals surface area contributed by atoms with Crippen molar-refractivity contribution >= 4 is 11.5 Å². The van der Waals surface area contributed by atoms with Crippen molar-refractivity contribution < 1.29 is 8.78 Å². The van der Waals surface area contributed by atoms with Gasteiger partial charge in [0, 0.05) is 18.3 Å². The Bertz CT molecular complexity index is 314. The van der Waals surface area contributed by atoms with Gasteiger partial charge in [0.1, 0.15) is 5.82 Å². The van der Waals surface area contributed by atoms with E-state index in [1.54, 1.807) is 0 Å². The summed E-state index contributed by atoms with van der Waals surface area (Å²) in [6, 6.07) is 1.20. The van der Waals surface area contributed by atoms with Gasteiger partial charge in [-0.3, -0.25) is 0 Å². The van der Waals surface area contributed by atoms with Crippen molar-refractivity contribution in [3.05, 3.63) is 17.3 Å². The van der Waals surface area contributed by atoms with Crippen molar-refractivity contribution in [3.63, 3.8) is 0 Å². The predicted octanol–water partition coefficient (Wildman–Crippen LogP) is 0.642. The van der Waals surface area contributed by atoms with Crippen LogP contribution in [0.4, 0.5) is 20.3 Å². The lowest BCUT2D eigenvalue weighted by molar-refractivity contribution is 0.150. The topological polar surface area (TPSA) is 90.9 Å². The molecule has 0 saturated heterocycles. The number of nitrogens with two attached hydrogens (primary N) is 3. The normalized spacial score (nSPS) is 10.8. The molecule has 4 nitrogen and oxygen atoms in total. The zero-order valence-electron chi connectivity index (χ0n) is 6.80. The molecule has 0 atom stereocenters. The van der Waals surface area contributed by atoms with Crippen LogP contribution < -0.4 is 17.2 Å². The molecule has 13 heavy (non-hydrogen) atoms. The van der Waals surface area contributed by atoms with Crippen LogP contribution in [0, 0.1) is 0 Å². The van der Waals surface area contributed by atoms with Gasteiger partial charge >= 0.3 is 0 Å². The Hall–Kier alpha value is -1.43. The first-order valence-electron chi connectivity index (χ1n) is 3.59. The Morgan fingerprint density at radius 1 is 1.38 bits per heavy atom. The van der Waals surface area contributed by atoms with Crippen molar-refractivity contribution in [3.8, 4) is 0 Å². The highest BCUT2D eigenvalue weighted by Gasteiger charge is 2.17. The van der Waals surface area contributed by atoms with Crippen molar-refractivity contribution in [2.75, 3.05) is 11.5 Å². The second-order valence-corrected chi connectivity index (χ2v) is 2.50. The number of nitrogens with zero attached hydrogens (tertiary/aromatic N) is 1. The summed E-state index contributed by atoms with van der Waals surface area (Å²) in [7, 11) is 0. The third kappa shape index (κ3) is 1.83. The number of alkyl halides is 2. The molecule has 0 aliphatic carbocycles. The summed E-state index contributed by atoms with van der Waals surface area (Å²) in [6.07, 6.45) is -2.67. The lowest BCUT2D eigenvalue weighted by atomic mass is 10.1. The van der Waals surface area contributed by atoms with E-state index in [0.29, 0.717) is 0 Å². The van der Waals surface area contributed by atoms with Crippen LogP contribution in [0.1, 0.15) is 17.7 Å². The highest BCUT2D eigenvalue weighted by molar-refractivity contribution is 5.55. The van der Waals surface area contributed by atoms with Gasteiger partial charge in [-0.2, -0.15) is 0 Å². The number of nitrogen functional groups attached to an aromatic ring is 2. The predicted molar refractivity (Wildman–Crippen MR) is 45.9 cm³/mol. The van der Waals surface area contributed by atoms with Gasteiger partial charge < -0.3 is 17.2 Å². The second-order valence-electron chi connectivity index (χ2n) is 2.50. The van der Waals surface area contributed by atoms with Crippen LogP contribution in [-0.4, -0.2) is 4.98 Å². The van der Waals surface area contributed by atoms with Crippen LogP contribution in [0.3, 0.4) is 0 Å². The van der Waals surface area contributed by atoms with Gasteiger partial charge in [-0.1, -0.05) is 0 Å². The Morgan fingerprint density at radius 2 is 2.00 bits per heavy atom. The minimum absolute atomic E-state index is 0.0486. The summed E-state index contributed by atoms with van der Waals surface area (Å²) in [6.45, 7) is -0.102. The number of pyridine rings is 1. The molecule has 1 heterocycles. The quantitative estimate of drug-likeness (QED) is 0.635. The summed E-state index contributed by atoms with van der Waals surface area (Å²) < 4.78 is 24.8. The summed E-state index contributed by atoms with van der Waals surface area (Å²) in [5.41, 5.74) is 15.5. The SMILES string of the molecule is NCc1nc(N)cc(N)c1C(F)F. The number of hydrogen-bond donors (Lipinski definition) is 3.